The maximum atomic E-state index is 5.52. The van der Waals surface area contributed by atoms with Crippen LogP contribution in [0.25, 0.3) is 0 Å². The molecule has 29 heavy (non-hydrogen) atoms. The Labute approximate surface area is 193 Å². The number of hydrogen-bond acceptors (Lipinski definition) is 7. The van der Waals surface area contributed by atoms with Crippen molar-refractivity contribution in [3.63, 3.8) is 0 Å². The third kappa shape index (κ3) is 5.62. The molecule has 0 saturated carbocycles. The number of piperazine rings is 1. The minimum absolute atomic E-state index is 0. The van der Waals surface area contributed by atoms with Gasteiger partial charge in [0.05, 0.1) is 14.2 Å². The molecule has 1 N–H and O–H groups in total. The molecule has 10 heteroatoms. The maximum absolute atomic E-state index is 5.52. The van der Waals surface area contributed by atoms with Crippen molar-refractivity contribution >= 4 is 46.6 Å². The van der Waals surface area contributed by atoms with Crippen molar-refractivity contribution in [3.8, 4) is 11.5 Å². The van der Waals surface area contributed by atoms with Crippen LogP contribution >= 0.6 is 35.5 Å². The first kappa shape index (κ1) is 23.5. The van der Waals surface area contributed by atoms with Gasteiger partial charge in [-0.1, -0.05) is 19.1 Å². The number of anilines is 1. The zero-order chi connectivity index (χ0) is 19.9. The van der Waals surface area contributed by atoms with E-state index in [0.717, 1.165) is 66.6 Å². The van der Waals surface area contributed by atoms with Crippen molar-refractivity contribution in [2.45, 2.75) is 19.9 Å². The Hall–Kier alpha value is -1.82. The molecular formula is C19H29IN6O2S. The van der Waals surface area contributed by atoms with Crippen LogP contribution in [-0.4, -0.2) is 67.7 Å². The van der Waals surface area contributed by atoms with Crippen molar-refractivity contribution < 1.29 is 9.47 Å². The zero-order valence-electron chi connectivity index (χ0n) is 17.3. The van der Waals surface area contributed by atoms with Gasteiger partial charge in [-0.2, -0.15) is 4.37 Å². The van der Waals surface area contributed by atoms with E-state index in [9.17, 15) is 0 Å². The molecule has 1 aromatic carbocycles. The minimum Gasteiger partial charge on any atom is -0.493 e. The zero-order valence-corrected chi connectivity index (χ0v) is 20.5. The highest BCUT2D eigenvalue weighted by Gasteiger charge is 2.22. The fourth-order valence-corrected chi connectivity index (χ4v) is 4.03. The van der Waals surface area contributed by atoms with E-state index in [1.54, 1.807) is 14.2 Å². The number of hydrogen-bond donors (Lipinski definition) is 1. The van der Waals surface area contributed by atoms with E-state index in [4.69, 9.17) is 9.47 Å². The summed E-state index contributed by atoms with van der Waals surface area (Å²) in [4.78, 5) is 13.6. The lowest BCUT2D eigenvalue weighted by molar-refractivity contribution is 0.350. The Bertz CT molecular complexity index is 808. The summed E-state index contributed by atoms with van der Waals surface area (Å²) in [5, 5.41) is 4.46. The quantitative estimate of drug-likeness (QED) is 0.349. The third-order valence-corrected chi connectivity index (χ3v) is 5.57. The normalized spacial score (nSPS) is 14.4. The number of aliphatic imine (C=N–C) groups is 1. The first-order chi connectivity index (χ1) is 13.7. The Morgan fingerprint density at radius 3 is 2.55 bits per heavy atom. The van der Waals surface area contributed by atoms with Gasteiger partial charge in [-0.25, -0.2) is 4.98 Å². The topological polar surface area (TPSA) is 75.1 Å². The maximum Gasteiger partial charge on any atom is 0.205 e. The fourth-order valence-electron chi connectivity index (χ4n) is 3.23. The SMILES string of the molecule is CCc1nsc(N2CCN(C(=NC)NCc3cccc(OC)c3OC)CC2)n1.I. The summed E-state index contributed by atoms with van der Waals surface area (Å²) in [6.07, 6.45) is 0.876. The van der Waals surface area contributed by atoms with Gasteiger partial charge in [0.1, 0.15) is 5.82 Å². The number of nitrogens with one attached hydrogen (secondary N) is 1. The fraction of sp³-hybridized carbons (Fsp3) is 0.526. The third-order valence-electron chi connectivity index (χ3n) is 4.76. The number of benzene rings is 1. The molecule has 8 nitrogen and oxygen atoms in total. The van der Waals surface area contributed by atoms with Gasteiger partial charge in [0.2, 0.25) is 5.13 Å². The molecule has 0 aliphatic carbocycles. The Morgan fingerprint density at radius 2 is 1.97 bits per heavy atom. The first-order valence-electron chi connectivity index (χ1n) is 9.43. The smallest absolute Gasteiger partial charge is 0.205 e. The molecule has 1 fully saturated rings. The van der Waals surface area contributed by atoms with E-state index in [-0.39, 0.29) is 24.0 Å². The number of ether oxygens (including phenoxy) is 2. The highest BCUT2D eigenvalue weighted by Crippen LogP contribution is 2.30. The molecule has 0 unspecified atom stereocenters. The van der Waals surface area contributed by atoms with E-state index in [1.807, 2.05) is 25.2 Å². The van der Waals surface area contributed by atoms with E-state index >= 15 is 0 Å². The predicted molar refractivity (Wildman–Crippen MR) is 128 cm³/mol. The highest BCUT2D eigenvalue weighted by atomic mass is 127. The van der Waals surface area contributed by atoms with Crippen LogP contribution in [-0.2, 0) is 13.0 Å². The van der Waals surface area contributed by atoms with Gasteiger partial charge in [0, 0.05) is 63.3 Å². The number of nitrogens with zero attached hydrogens (tertiary/aromatic N) is 5. The lowest BCUT2D eigenvalue weighted by Crippen LogP contribution is -2.52. The van der Waals surface area contributed by atoms with Gasteiger partial charge >= 0.3 is 0 Å². The molecule has 3 rings (SSSR count). The second-order valence-corrected chi connectivity index (χ2v) is 7.10. The van der Waals surface area contributed by atoms with E-state index in [0.29, 0.717) is 6.54 Å². The Balaban J connectivity index is 0.00000300. The van der Waals surface area contributed by atoms with E-state index in [1.165, 1.54) is 11.5 Å². The summed E-state index contributed by atoms with van der Waals surface area (Å²) in [6, 6.07) is 5.89. The van der Waals surface area contributed by atoms with E-state index < -0.39 is 0 Å². The van der Waals surface area contributed by atoms with Gasteiger partial charge < -0.3 is 24.6 Å². The largest absolute Gasteiger partial charge is 0.493 e. The molecule has 160 valence electrons. The van der Waals surface area contributed by atoms with Crippen LogP contribution < -0.4 is 19.7 Å². The number of aryl methyl sites for hydroxylation is 1. The van der Waals surface area contributed by atoms with Gasteiger partial charge in [-0.15, -0.1) is 24.0 Å². The van der Waals surface area contributed by atoms with Crippen molar-refractivity contribution in [1.29, 1.82) is 0 Å². The second-order valence-electron chi connectivity index (χ2n) is 6.37. The highest BCUT2D eigenvalue weighted by molar-refractivity contribution is 14.0. The molecule has 1 saturated heterocycles. The van der Waals surface area contributed by atoms with Crippen LogP contribution in [0.2, 0.25) is 0 Å². The van der Waals surface area contributed by atoms with Gasteiger partial charge in [-0.05, 0) is 6.07 Å². The number of halogens is 1. The molecule has 1 aliphatic heterocycles. The van der Waals surface area contributed by atoms with Gasteiger partial charge in [-0.3, -0.25) is 4.99 Å². The van der Waals surface area contributed by atoms with Crippen LogP contribution in [0.3, 0.4) is 0 Å². The molecule has 0 bridgehead atoms. The number of para-hydroxylation sites is 1. The molecule has 0 atom stereocenters. The second kappa shape index (κ2) is 11.4. The van der Waals surface area contributed by atoms with E-state index in [2.05, 4.69) is 36.4 Å². The molecule has 1 aliphatic rings. The number of methoxy groups -OCH3 is 2. The number of guanidine groups is 1. The van der Waals surface area contributed by atoms with Crippen LogP contribution in [0.1, 0.15) is 18.3 Å². The van der Waals surface area contributed by atoms with Crippen molar-refractivity contribution in [2.24, 2.45) is 4.99 Å². The average Bonchev–Trinajstić information content (AvgIpc) is 3.23. The van der Waals surface area contributed by atoms with Crippen LogP contribution in [0.4, 0.5) is 5.13 Å². The van der Waals surface area contributed by atoms with Crippen LogP contribution in [0, 0.1) is 0 Å². The summed E-state index contributed by atoms with van der Waals surface area (Å²) in [5.41, 5.74) is 1.03. The van der Waals surface area contributed by atoms with Crippen molar-refractivity contribution in [3.05, 3.63) is 29.6 Å². The molecule has 1 aromatic heterocycles. The monoisotopic (exact) mass is 532 g/mol. The lowest BCUT2D eigenvalue weighted by Gasteiger charge is -2.36. The summed E-state index contributed by atoms with van der Waals surface area (Å²) >= 11 is 1.49. The summed E-state index contributed by atoms with van der Waals surface area (Å²) < 4.78 is 15.3. The van der Waals surface area contributed by atoms with Crippen LogP contribution in [0.5, 0.6) is 11.5 Å². The predicted octanol–water partition coefficient (Wildman–Crippen LogP) is 2.63. The van der Waals surface area contributed by atoms with Crippen molar-refractivity contribution in [1.82, 2.24) is 19.6 Å². The van der Waals surface area contributed by atoms with Gasteiger partial charge in [0.25, 0.3) is 0 Å². The Kier molecular flexibility index (Phi) is 9.21. The Morgan fingerprint density at radius 1 is 1.21 bits per heavy atom. The molecular weight excluding hydrogens is 503 g/mol. The summed E-state index contributed by atoms with van der Waals surface area (Å²) in [7, 11) is 5.12. The molecule has 0 radical (unpaired) electrons. The summed E-state index contributed by atoms with van der Waals surface area (Å²) in [5.74, 6) is 3.29. The minimum atomic E-state index is 0. The number of rotatable bonds is 6. The summed E-state index contributed by atoms with van der Waals surface area (Å²) in [6.45, 7) is 6.27. The molecule has 2 aromatic rings. The van der Waals surface area contributed by atoms with Crippen LogP contribution in [0.15, 0.2) is 23.2 Å². The van der Waals surface area contributed by atoms with Crippen molar-refractivity contribution in [2.75, 3.05) is 52.3 Å². The molecule has 2 heterocycles. The lowest BCUT2D eigenvalue weighted by atomic mass is 10.2. The average molecular weight is 532 g/mol. The first-order valence-corrected chi connectivity index (χ1v) is 10.2. The molecule has 0 spiro atoms. The molecule has 0 amide bonds. The standard InChI is InChI=1S/C19H28N6O2S.HI/c1-5-16-22-19(28-23-16)25-11-9-24(10-12-25)18(20-2)21-13-14-7-6-8-15(26-3)17(14)27-4;/h6-8H,5,9-13H2,1-4H3,(H,20,21);1H. The van der Waals surface area contributed by atoms with Gasteiger partial charge in [0.15, 0.2) is 17.5 Å². The number of aromatic nitrogens is 2.